The standard InChI is InChI=1S/C17H33NO2/c1-19-12-13-20-11-5-4-10-18-17-9-8-15-6-2-3-7-16(15)14-17/h15-18H,2-14H2,1H3. The SMILES string of the molecule is COCCOCCCCNC1CCC2CCCCC2C1. The van der Waals surface area contributed by atoms with Gasteiger partial charge >= 0.3 is 0 Å². The Kier molecular flexibility index (Phi) is 7.92. The second-order valence-corrected chi connectivity index (χ2v) is 6.58. The summed E-state index contributed by atoms with van der Waals surface area (Å²) in [6, 6.07) is 0.795. The topological polar surface area (TPSA) is 30.5 Å². The van der Waals surface area contributed by atoms with Gasteiger partial charge in [0, 0.05) is 19.8 Å². The van der Waals surface area contributed by atoms with E-state index in [2.05, 4.69) is 5.32 Å². The fraction of sp³-hybridized carbons (Fsp3) is 1.00. The van der Waals surface area contributed by atoms with Crippen molar-refractivity contribution in [2.75, 3.05) is 33.5 Å². The highest BCUT2D eigenvalue weighted by molar-refractivity contribution is 4.86. The van der Waals surface area contributed by atoms with Crippen molar-refractivity contribution in [3.05, 3.63) is 0 Å². The van der Waals surface area contributed by atoms with Crippen molar-refractivity contribution in [2.45, 2.75) is 63.8 Å². The molecule has 0 aromatic rings. The average Bonchev–Trinajstić information content (AvgIpc) is 2.50. The Bertz CT molecular complexity index is 247. The first-order valence-electron chi connectivity index (χ1n) is 8.70. The van der Waals surface area contributed by atoms with E-state index in [4.69, 9.17) is 9.47 Å². The highest BCUT2D eigenvalue weighted by Crippen LogP contribution is 2.40. The van der Waals surface area contributed by atoms with Crippen LogP contribution in [-0.4, -0.2) is 39.5 Å². The predicted molar refractivity (Wildman–Crippen MR) is 83.0 cm³/mol. The first kappa shape index (κ1) is 16.3. The number of unbranched alkanes of at least 4 members (excludes halogenated alkanes) is 1. The number of hydrogen-bond acceptors (Lipinski definition) is 3. The summed E-state index contributed by atoms with van der Waals surface area (Å²) in [5.41, 5.74) is 0. The summed E-state index contributed by atoms with van der Waals surface area (Å²) >= 11 is 0. The first-order valence-corrected chi connectivity index (χ1v) is 8.70. The van der Waals surface area contributed by atoms with Crippen molar-refractivity contribution in [1.29, 1.82) is 0 Å². The molecule has 0 amide bonds. The summed E-state index contributed by atoms with van der Waals surface area (Å²) in [6.07, 6.45) is 12.7. The maximum absolute atomic E-state index is 5.48. The van der Waals surface area contributed by atoms with Crippen LogP contribution in [0.3, 0.4) is 0 Å². The lowest BCUT2D eigenvalue weighted by Crippen LogP contribution is -2.39. The van der Waals surface area contributed by atoms with Gasteiger partial charge in [0.1, 0.15) is 0 Å². The van der Waals surface area contributed by atoms with Gasteiger partial charge in [0.05, 0.1) is 13.2 Å². The third kappa shape index (κ3) is 5.71. The molecule has 2 aliphatic rings. The third-order valence-corrected chi connectivity index (χ3v) is 5.12. The van der Waals surface area contributed by atoms with Crippen LogP contribution in [-0.2, 0) is 9.47 Å². The van der Waals surface area contributed by atoms with Crippen LogP contribution in [0.2, 0.25) is 0 Å². The van der Waals surface area contributed by atoms with Crippen molar-refractivity contribution < 1.29 is 9.47 Å². The van der Waals surface area contributed by atoms with E-state index in [-0.39, 0.29) is 0 Å². The lowest BCUT2D eigenvalue weighted by molar-refractivity contribution is 0.0685. The van der Waals surface area contributed by atoms with E-state index < -0.39 is 0 Å². The Balaban J connectivity index is 1.46. The second kappa shape index (κ2) is 9.75. The summed E-state index contributed by atoms with van der Waals surface area (Å²) < 4.78 is 10.4. The molecule has 1 N–H and O–H groups in total. The molecule has 0 heterocycles. The number of fused-ring (bicyclic) bond motifs is 1. The van der Waals surface area contributed by atoms with E-state index in [1.165, 1.54) is 51.4 Å². The van der Waals surface area contributed by atoms with Crippen LogP contribution in [0.1, 0.15) is 57.8 Å². The highest BCUT2D eigenvalue weighted by Gasteiger charge is 2.31. The molecule has 3 nitrogen and oxygen atoms in total. The van der Waals surface area contributed by atoms with Gasteiger partial charge in [-0.25, -0.2) is 0 Å². The summed E-state index contributed by atoms with van der Waals surface area (Å²) in [5, 5.41) is 3.78. The van der Waals surface area contributed by atoms with Crippen LogP contribution < -0.4 is 5.32 Å². The van der Waals surface area contributed by atoms with E-state index in [1.807, 2.05) is 0 Å². The molecule has 3 atom stereocenters. The molecule has 118 valence electrons. The quantitative estimate of drug-likeness (QED) is 0.658. The summed E-state index contributed by atoms with van der Waals surface area (Å²) in [6.45, 7) is 3.48. The minimum Gasteiger partial charge on any atom is -0.382 e. The molecule has 0 spiro atoms. The third-order valence-electron chi connectivity index (χ3n) is 5.12. The maximum Gasteiger partial charge on any atom is 0.0700 e. The normalized spacial score (nSPS) is 30.1. The molecule has 20 heavy (non-hydrogen) atoms. The molecule has 3 unspecified atom stereocenters. The lowest BCUT2D eigenvalue weighted by Gasteiger charge is -2.39. The van der Waals surface area contributed by atoms with Crippen LogP contribution in [0.25, 0.3) is 0 Å². The van der Waals surface area contributed by atoms with Gasteiger partial charge in [-0.3, -0.25) is 0 Å². The first-order chi connectivity index (χ1) is 9.90. The van der Waals surface area contributed by atoms with Crippen LogP contribution >= 0.6 is 0 Å². The molecule has 2 fully saturated rings. The molecule has 2 saturated carbocycles. The number of nitrogens with one attached hydrogen (secondary N) is 1. The van der Waals surface area contributed by atoms with Crippen molar-refractivity contribution in [3.8, 4) is 0 Å². The number of hydrogen-bond donors (Lipinski definition) is 1. The van der Waals surface area contributed by atoms with Gasteiger partial charge in [-0.05, 0) is 50.5 Å². The molecule has 0 aliphatic heterocycles. The zero-order chi connectivity index (χ0) is 14.0. The van der Waals surface area contributed by atoms with Crippen molar-refractivity contribution in [2.24, 2.45) is 11.8 Å². The molecule has 0 aromatic carbocycles. The van der Waals surface area contributed by atoms with Crippen LogP contribution in [0, 0.1) is 11.8 Å². The largest absolute Gasteiger partial charge is 0.382 e. The Hall–Kier alpha value is -0.120. The van der Waals surface area contributed by atoms with E-state index in [9.17, 15) is 0 Å². The van der Waals surface area contributed by atoms with E-state index in [0.29, 0.717) is 6.61 Å². The van der Waals surface area contributed by atoms with Crippen molar-refractivity contribution in [1.82, 2.24) is 5.32 Å². The molecule has 0 aromatic heterocycles. The Labute approximate surface area is 124 Å². The fourth-order valence-corrected chi connectivity index (χ4v) is 3.94. The van der Waals surface area contributed by atoms with E-state index in [1.54, 1.807) is 7.11 Å². The Morgan fingerprint density at radius 3 is 2.60 bits per heavy atom. The average molecular weight is 283 g/mol. The lowest BCUT2D eigenvalue weighted by atomic mass is 9.69. The summed E-state index contributed by atoms with van der Waals surface area (Å²) in [5.74, 6) is 2.10. The zero-order valence-corrected chi connectivity index (χ0v) is 13.2. The molecular weight excluding hydrogens is 250 g/mol. The predicted octanol–water partition coefficient (Wildman–Crippen LogP) is 3.38. The molecule has 0 saturated heterocycles. The van der Waals surface area contributed by atoms with Crippen LogP contribution in [0.4, 0.5) is 0 Å². The molecule has 2 rings (SSSR count). The van der Waals surface area contributed by atoms with Gasteiger partial charge in [0.2, 0.25) is 0 Å². The van der Waals surface area contributed by atoms with Crippen molar-refractivity contribution >= 4 is 0 Å². The van der Waals surface area contributed by atoms with Gasteiger partial charge in [0.25, 0.3) is 0 Å². The smallest absolute Gasteiger partial charge is 0.0700 e. The Morgan fingerprint density at radius 1 is 0.900 bits per heavy atom. The summed E-state index contributed by atoms with van der Waals surface area (Å²) in [7, 11) is 1.72. The van der Waals surface area contributed by atoms with Crippen LogP contribution in [0.5, 0.6) is 0 Å². The summed E-state index contributed by atoms with van der Waals surface area (Å²) in [4.78, 5) is 0. The Morgan fingerprint density at radius 2 is 1.75 bits per heavy atom. The number of rotatable bonds is 9. The molecule has 3 heteroatoms. The van der Waals surface area contributed by atoms with Gasteiger partial charge in [-0.2, -0.15) is 0 Å². The van der Waals surface area contributed by atoms with Gasteiger partial charge < -0.3 is 14.8 Å². The molecule has 2 aliphatic carbocycles. The number of ether oxygens (including phenoxy) is 2. The zero-order valence-electron chi connectivity index (χ0n) is 13.2. The minimum absolute atomic E-state index is 0.711. The van der Waals surface area contributed by atoms with E-state index in [0.717, 1.165) is 44.1 Å². The monoisotopic (exact) mass is 283 g/mol. The van der Waals surface area contributed by atoms with Crippen LogP contribution in [0.15, 0.2) is 0 Å². The molecular formula is C17H33NO2. The second-order valence-electron chi connectivity index (χ2n) is 6.58. The van der Waals surface area contributed by atoms with Crippen molar-refractivity contribution in [3.63, 3.8) is 0 Å². The van der Waals surface area contributed by atoms with Gasteiger partial charge in [0.15, 0.2) is 0 Å². The fourth-order valence-electron chi connectivity index (χ4n) is 3.94. The van der Waals surface area contributed by atoms with E-state index >= 15 is 0 Å². The maximum atomic E-state index is 5.48. The molecule has 0 radical (unpaired) electrons. The highest BCUT2D eigenvalue weighted by atomic mass is 16.5. The van der Waals surface area contributed by atoms with Gasteiger partial charge in [-0.15, -0.1) is 0 Å². The number of methoxy groups -OCH3 is 1. The molecule has 0 bridgehead atoms. The van der Waals surface area contributed by atoms with Gasteiger partial charge in [-0.1, -0.05) is 25.7 Å². The minimum atomic E-state index is 0.711.